The molecule has 0 unspecified atom stereocenters. The van der Waals surface area contributed by atoms with E-state index in [1.807, 2.05) is 39.8 Å². The van der Waals surface area contributed by atoms with Gasteiger partial charge in [0, 0.05) is 25.3 Å². The van der Waals surface area contributed by atoms with E-state index in [0.29, 0.717) is 37.8 Å². The Morgan fingerprint density at radius 2 is 1.64 bits per heavy atom. The zero-order valence-corrected chi connectivity index (χ0v) is 17.2. The van der Waals surface area contributed by atoms with Crippen LogP contribution in [0.4, 0.5) is 15.3 Å². The molecule has 1 aromatic carbocycles. The highest BCUT2D eigenvalue weighted by Crippen LogP contribution is 2.10. The van der Waals surface area contributed by atoms with Crippen molar-refractivity contribution in [1.82, 2.24) is 16.0 Å². The summed E-state index contributed by atoms with van der Waals surface area (Å²) in [6.07, 6.45) is -0.957. The summed E-state index contributed by atoms with van der Waals surface area (Å²) < 4.78 is 9.73. The summed E-state index contributed by atoms with van der Waals surface area (Å²) in [6.45, 7) is 9.53. The van der Waals surface area contributed by atoms with Crippen LogP contribution in [0.5, 0.6) is 0 Å². The number of amides is 2. The summed E-state index contributed by atoms with van der Waals surface area (Å²) in [5.41, 5.74) is 1.12. The van der Waals surface area contributed by atoms with Gasteiger partial charge in [-0.05, 0) is 45.4 Å². The van der Waals surface area contributed by atoms with Crippen molar-refractivity contribution < 1.29 is 19.1 Å². The van der Waals surface area contributed by atoms with Crippen LogP contribution in [0, 0.1) is 0 Å². The minimum absolute atomic E-state index is 0.410. The Hall–Kier alpha value is -2.97. The number of guanidine groups is 1. The summed E-state index contributed by atoms with van der Waals surface area (Å²) in [7, 11) is 1.32. The molecule has 1 rings (SSSR count). The molecular weight excluding hydrogens is 362 g/mol. The maximum atomic E-state index is 11.6. The van der Waals surface area contributed by atoms with Gasteiger partial charge in [-0.2, -0.15) is 0 Å². The number of hydrogen-bond donors (Lipinski definition) is 4. The zero-order valence-electron chi connectivity index (χ0n) is 17.2. The molecular formula is C19H31N5O4. The van der Waals surface area contributed by atoms with Gasteiger partial charge in [0.2, 0.25) is 0 Å². The van der Waals surface area contributed by atoms with Crippen molar-refractivity contribution in [1.29, 1.82) is 0 Å². The number of rotatable bonds is 7. The second-order valence-corrected chi connectivity index (χ2v) is 6.86. The van der Waals surface area contributed by atoms with E-state index >= 15 is 0 Å². The quantitative estimate of drug-likeness (QED) is 0.321. The Morgan fingerprint density at radius 1 is 1.00 bits per heavy atom. The highest BCUT2D eigenvalue weighted by Gasteiger charge is 2.15. The molecule has 2 amide bonds. The van der Waals surface area contributed by atoms with E-state index in [1.165, 1.54) is 7.11 Å². The third kappa shape index (κ3) is 10.2. The molecule has 1 aromatic rings. The third-order valence-corrected chi connectivity index (χ3v) is 3.24. The van der Waals surface area contributed by atoms with Crippen LogP contribution in [-0.2, 0) is 16.0 Å². The maximum absolute atomic E-state index is 11.6. The van der Waals surface area contributed by atoms with Crippen LogP contribution in [0.1, 0.15) is 33.3 Å². The van der Waals surface area contributed by atoms with Crippen molar-refractivity contribution in [3.05, 3.63) is 29.8 Å². The number of aliphatic imine (C=N–C) groups is 1. The molecule has 0 saturated heterocycles. The van der Waals surface area contributed by atoms with E-state index in [0.717, 1.165) is 5.56 Å². The number of alkyl carbamates (subject to hydrolysis) is 1. The fourth-order valence-electron chi connectivity index (χ4n) is 2.03. The van der Waals surface area contributed by atoms with E-state index in [2.05, 4.69) is 31.0 Å². The maximum Gasteiger partial charge on any atom is 0.411 e. The number of nitrogens with one attached hydrogen (secondary N) is 4. The lowest BCUT2D eigenvalue weighted by Crippen LogP contribution is -2.42. The Kier molecular flexibility index (Phi) is 9.63. The highest BCUT2D eigenvalue weighted by atomic mass is 16.6. The minimum atomic E-state index is -0.518. The normalized spacial score (nSPS) is 11.4. The van der Waals surface area contributed by atoms with Gasteiger partial charge in [-0.25, -0.2) is 14.6 Å². The Labute approximate surface area is 166 Å². The lowest BCUT2D eigenvalue weighted by atomic mass is 10.2. The first-order valence-corrected chi connectivity index (χ1v) is 9.16. The summed E-state index contributed by atoms with van der Waals surface area (Å²) in [6, 6.07) is 7.32. The molecule has 9 nitrogen and oxygen atoms in total. The van der Waals surface area contributed by atoms with Gasteiger partial charge in [0.05, 0.1) is 13.7 Å². The largest absolute Gasteiger partial charge is 0.453 e. The van der Waals surface area contributed by atoms with Gasteiger partial charge in [-0.3, -0.25) is 5.32 Å². The fourth-order valence-corrected chi connectivity index (χ4v) is 2.03. The molecule has 9 heteroatoms. The van der Waals surface area contributed by atoms with Crippen LogP contribution >= 0.6 is 0 Å². The Balaban J connectivity index is 2.46. The number of methoxy groups -OCH3 is 1. The lowest BCUT2D eigenvalue weighted by molar-refractivity contribution is 0.0529. The monoisotopic (exact) mass is 393 g/mol. The van der Waals surface area contributed by atoms with Gasteiger partial charge in [0.1, 0.15) is 5.60 Å². The number of nitrogens with zero attached hydrogens (tertiary/aromatic N) is 1. The smallest absolute Gasteiger partial charge is 0.411 e. The standard InChI is InChI=1S/C19H31N5O4/c1-6-20-16(21-11-12-22-17(25)28-19(2,3)4)23-13-14-7-9-15(10-8-14)24-18(26)27-5/h7-10H,6,11-13H2,1-5H3,(H,22,25)(H,24,26)(H2,20,21,23). The predicted molar refractivity (Wildman–Crippen MR) is 110 cm³/mol. The van der Waals surface area contributed by atoms with Crippen molar-refractivity contribution >= 4 is 23.8 Å². The number of benzene rings is 1. The molecule has 0 atom stereocenters. The average molecular weight is 393 g/mol. The van der Waals surface area contributed by atoms with Crippen LogP contribution < -0.4 is 21.3 Å². The zero-order chi connectivity index (χ0) is 21.0. The topological polar surface area (TPSA) is 113 Å². The second-order valence-electron chi connectivity index (χ2n) is 6.86. The van der Waals surface area contributed by atoms with Gasteiger partial charge in [-0.15, -0.1) is 0 Å². The molecule has 0 aliphatic heterocycles. The molecule has 4 N–H and O–H groups in total. The Bertz CT molecular complexity index is 653. The van der Waals surface area contributed by atoms with E-state index in [4.69, 9.17) is 4.74 Å². The van der Waals surface area contributed by atoms with Crippen LogP contribution in [-0.4, -0.2) is 50.5 Å². The molecule has 0 aliphatic rings. The predicted octanol–water partition coefficient (Wildman–Crippen LogP) is 2.44. The van der Waals surface area contributed by atoms with Crippen LogP contribution in [0.2, 0.25) is 0 Å². The molecule has 0 heterocycles. The number of carbonyl (C=O) groups excluding carboxylic acids is 2. The SMILES string of the molecule is CCNC(=NCc1ccc(NC(=O)OC)cc1)NCCNC(=O)OC(C)(C)C. The van der Waals surface area contributed by atoms with Crippen LogP contribution in [0.15, 0.2) is 29.3 Å². The van der Waals surface area contributed by atoms with Crippen molar-refractivity contribution in [3.63, 3.8) is 0 Å². The number of carbonyl (C=O) groups is 2. The third-order valence-electron chi connectivity index (χ3n) is 3.24. The van der Waals surface area contributed by atoms with E-state index in [-0.39, 0.29) is 0 Å². The molecule has 156 valence electrons. The molecule has 0 saturated carbocycles. The van der Waals surface area contributed by atoms with E-state index < -0.39 is 17.8 Å². The molecule has 28 heavy (non-hydrogen) atoms. The molecule has 0 aliphatic carbocycles. The van der Waals surface area contributed by atoms with Crippen molar-refractivity contribution in [2.75, 3.05) is 32.1 Å². The van der Waals surface area contributed by atoms with Crippen molar-refractivity contribution in [3.8, 4) is 0 Å². The van der Waals surface area contributed by atoms with Crippen molar-refractivity contribution in [2.24, 2.45) is 4.99 Å². The molecule has 0 radical (unpaired) electrons. The second kappa shape index (κ2) is 11.7. The fraction of sp³-hybridized carbons (Fsp3) is 0.526. The first-order valence-electron chi connectivity index (χ1n) is 9.16. The molecule has 0 bridgehead atoms. The van der Waals surface area contributed by atoms with Gasteiger partial charge >= 0.3 is 12.2 Å². The minimum Gasteiger partial charge on any atom is -0.453 e. The summed E-state index contributed by atoms with van der Waals surface area (Å²) in [4.78, 5) is 27.3. The van der Waals surface area contributed by atoms with Crippen molar-refractivity contribution in [2.45, 2.75) is 39.8 Å². The molecule has 0 spiro atoms. The highest BCUT2D eigenvalue weighted by molar-refractivity contribution is 5.84. The number of ether oxygens (including phenoxy) is 2. The first kappa shape index (κ1) is 23.1. The summed E-state index contributed by atoms with van der Waals surface area (Å²) >= 11 is 0. The van der Waals surface area contributed by atoms with Crippen LogP contribution in [0.3, 0.4) is 0 Å². The molecule has 0 aromatic heterocycles. The summed E-state index contributed by atoms with van der Waals surface area (Å²) in [5, 5.41) is 11.6. The Morgan fingerprint density at radius 3 is 2.21 bits per heavy atom. The van der Waals surface area contributed by atoms with E-state index in [1.54, 1.807) is 12.1 Å². The van der Waals surface area contributed by atoms with Gasteiger partial charge in [0.15, 0.2) is 5.96 Å². The van der Waals surface area contributed by atoms with E-state index in [9.17, 15) is 9.59 Å². The van der Waals surface area contributed by atoms with Gasteiger partial charge < -0.3 is 25.4 Å². The first-order chi connectivity index (χ1) is 13.2. The molecule has 0 fully saturated rings. The average Bonchev–Trinajstić information content (AvgIpc) is 2.62. The van der Waals surface area contributed by atoms with Crippen LogP contribution in [0.25, 0.3) is 0 Å². The van der Waals surface area contributed by atoms with Gasteiger partial charge in [0.25, 0.3) is 0 Å². The number of hydrogen-bond acceptors (Lipinski definition) is 5. The summed E-state index contributed by atoms with van der Waals surface area (Å²) in [5.74, 6) is 0.644. The lowest BCUT2D eigenvalue weighted by Gasteiger charge is -2.19. The van der Waals surface area contributed by atoms with Gasteiger partial charge in [-0.1, -0.05) is 12.1 Å². The number of anilines is 1.